The van der Waals surface area contributed by atoms with Crippen LogP contribution >= 0.6 is 0 Å². The Hall–Kier alpha value is -0.660. The fourth-order valence-electron chi connectivity index (χ4n) is 1.53. The summed E-state index contributed by atoms with van der Waals surface area (Å²) in [6, 6.07) is 0.0540. The Balaban J connectivity index is 2.60. The third-order valence-corrected chi connectivity index (χ3v) is 3.70. The lowest BCUT2D eigenvalue weighted by molar-refractivity contribution is -0.131. The van der Waals surface area contributed by atoms with E-state index in [-0.39, 0.29) is 11.9 Å². The number of nitrogens with one attached hydrogen (secondary N) is 2. The molecule has 1 amide bonds. The first-order valence-electron chi connectivity index (χ1n) is 4.87. The summed E-state index contributed by atoms with van der Waals surface area (Å²) in [4.78, 5) is 13.3. The van der Waals surface area contributed by atoms with Crippen molar-refractivity contribution in [3.05, 3.63) is 0 Å². The van der Waals surface area contributed by atoms with Gasteiger partial charge in [0.05, 0.1) is 0 Å². The van der Waals surface area contributed by atoms with Crippen LogP contribution < -0.4 is 10.0 Å². The molecule has 1 aliphatic rings. The zero-order valence-corrected chi connectivity index (χ0v) is 9.80. The second kappa shape index (κ2) is 4.91. The smallest absolute Gasteiger partial charge is 0.239 e. The molecule has 1 atom stereocenters. The molecule has 1 fully saturated rings. The first kappa shape index (κ1) is 12.4. The minimum atomic E-state index is -3.45. The van der Waals surface area contributed by atoms with E-state index < -0.39 is 15.8 Å². The minimum Gasteiger partial charge on any atom is -0.337 e. The molecule has 15 heavy (non-hydrogen) atoms. The average Bonchev–Trinajstić information content (AvgIpc) is 2.17. The van der Waals surface area contributed by atoms with Crippen LogP contribution in [0.2, 0.25) is 0 Å². The molecule has 7 heteroatoms. The summed E-state index contributed by atoms with van der Waals surface area (Å²) in [5.74, 6) is -0.799. The van der Waals surface area contributed by atoms with Crippen LogP contribution in [0.25, 0.3) is 0 Å². The number of hydrogen-bond acceptors (Lipinski definition) is 4. The molecule has 1 rings (SSSR count). The Kier molecular flexibility index (Phi) is 4.06. The summed E-state index contributed by atoms with van der Waals surface area (Å²) in [6.45, 7) is 3.90. The van der Waals surface area contributed by atoms with Gasteiger partial charge in [-0.1, -0.05) is 0 Å². The number of amides is 1. The number of rotatable bonds is 3. The maximum atomic E-state index is 11.7. The Labute approximate surface area is 90.1 Å². The molecule has 0 aromatic carbocycles. The first-order chi connectivity index (χ1) is 6.96. The molecule has 0 bridgehead atoms. The van der Waals surface area contributed by atoms with E-state index in [1.54, 1.807) is 4.90 Å². The van der Waals surface area contributed by atoms with Crippen molar-refractivity contribution in [1.29, 1.82) is 0 Å². The fourth-order valence-corrected chi connectivity index (χ4v) is 2.16. The van der Waals surface area contributed by atoms with Crippen LogP contribution in [-0.2, 0) is 14.8 Å². The summed E-state index contributed by atoms with van der Waals surface area (Å²) >= 11 is 0. The van der Waals surface area contributed by atoms with Crippen LogP contribution in [0.3, 0.4) is 0 Å². The van der Waals surface area contributed by atoms with Crippen molar-refractivity contribution in [3.8, 4) is 0 Å². The number of carbonyl (C=O) groups is 1. The van der Waals surface area contributed by atoms with Gasteiger partial charge in [-0.15, -0.1) is 0 Å². The summed E-state index contributed by atoms with van der Waals surface area (Å²) in [5.41, 5.74) is 0. The normalized spacial score (nSPS) is 22.8. The van der Waals surface area contributed by atoms with Gasteiger partial charge in [0.1, 0.15) is 5.75 Å². The highest BCUT2D eigenvalue weighted by atomic mass is 32.2. The van der Waals surface area contributed by atoms with Crippen molar-refractivity contribution in [3.63, 3.8) is 0 Å². The van der Waals surface area contributed by atoms with Crippen molar-refractivity contribution in [2.24, 2.45) is 0 Å². The molecule has 1 saturated heterocycles. The molecule has 0 aromatic heterocycles. The van der Waals surface area contributed by atoms with E-state index in [0.29, 0.717) is 13.1 Å². The van der Waals surface area contributed by atoms with Gasteiger partial charge in [-0.3, -0.25) is 4.79 Å². The van der Waals surface area contributed by atoms with E-state index in [4.69, 9.17) is 0 Å². The first-order valence-corrected chi connectivity index (χ1v) is 6.53. The zero-order chi connectivity index (χ0) is 11.5. The maximum absolute atomic E-state index is 11.7. The van der Waals surface area contributed by atoms with E-state index in [1.807, 2.05) is 6.92 Å². The van der Waals surface area contributed by atoms with Crippen LogP contribution in [0.4, 0.5) is 0 Å². The quantitative estimate of drug-likeness (QED) is 0.615. The average molecular weight is 235 g/mol. The summed E-state index contributed by atoms with van der Waals surface area (Å²) < 4.78 is 24.5. The number of piperazine rings is 1. The highest BCUT2D eigenvalue weighted by Gasteiger charge is 2.26. The van der Waals surface area contributed by atoms with Gasteiger partial charge >= 0.3 is 0 Å². The molecule has 0 radical (unpaired) electrons. The van der Waals surface area contributed by atoms with Crippen molar-refractivity contribution in [2.75, 3.05) is 32.4 Å². The Morgan fingerprint density at radius 2 is 2.27 bits per heavy atom. The molecule has 0 unspecified atom stereocenters. The van der Waals surface area contributed by atoms with Gasteiger partial charge in [-0.2, -0.15) is 0 Å². The topological polar surface area (TPSA) is 78.5 Å². The zero-order valence-electron chi connectivity index (χ0n) is 8.99. The van der Waals surface area contributed by atoms with Crippen molar-refractivity contribution < 1.29 is 13.2 Å². The molecule has 0 aromatic rings. The third-order valence-electron chi connectivity index (χ3n) is 2.45. The van der Waals surface area contributed by atoms with Gasteiger partial charge in [0.2, 0.25) is 15.9 Å². The lowest BCUT2D eigenvalue weighted by Gasteiger charge is -2.33. The van der Waals surface area contributed by atoms with Crippen LogP contribution in [0.1, 0.15) is 6.92 Å². The van der Waals surface area contributed by atoms with Crippen LogP contribution in [-0.4, -0.2) is 57.7 Å². The Morgan fingerprint density at radius 3 is 2.80 bits per heavy atom. The lowest BCUT2D eigenvalue weighted by Crippen LogP contribution is -2.54. The summed E-state index contributed by atoms with van der Waals surface area (Å²) in [6.07, 6.45) is 0. The second-order valence-corrected chi connectivity index (χ2v) is 5.53. The van der Waals surface area contributed by atoms with E-state index in [9.17, 15) is 13.2 Å². The molecule has 88 valence electrons. The molecule has 6 nitrogen and oxygen atoms in total. The molecule has 1 aliphatic heterocycles. The van der Waals surface area contributed by atoms with Crippen molar-refractivity contribution >= 4 is 15.9 Å². The molecule has 2 N–H and O–H groups in total. The predicted octanol–water partition coefficient (Wildman–Crippen LogP) is -1.64. The number of hydrogen-bond donors (Lipinski definition) is 2. The molecular weight excluding hydrogens is 218 g/mol. The monoisotopic (exact) mass is 235 g/mol. The van der Waals surface area contributed by atoms with E-state index >= 15 is 0 Å². The Morgan fingerprint density at radius 1 is 1.60 bits per heavy atom. The predicted molar refractivity (Wildman–Crippen MR) is 56.9 cm³/mol. The van der Waals surface area contributed by atoms with Gasteiger partial charge in [-0.05, 0) is 14.0 Å². The van der Waals surface area contributed by atoms with E-state index in [1.165, 1.54) is 7.05 Å². The summed E-state index contributed by atoms with van der Waals surface area (Å²) in [7, 11) is -2.14. The van der Waals surface area contributed by atoms with Crippen molar-refractivity contribution in [2.45, 2.75) is 13.0 Å². The standard InChI is InChI=1S/C8H17N3O3S/c1-7-5-10-3-4-11(7)8(12)6-15(13,14)9-2/h7,9-10H,3-6H2,1-2H3/t7-/m0/s1. The molecular formula is C8H17N3O3S. The second-order valence-electron chi connectivity index (χ2n) is 3.60. The molecule has 0 spiro atoms. The molecule has 0 saturated carbocycles. The fraction of sp³-hybridized carbons (Fsp3) is 0.875. The maximum Gasteiger partial charge on any atom is 0.239 e. The van der Waals surface area contributed by atoms with Gasteiger partial charge in [0.25, 0.3) is 0 Å². The number of sulfonamides is 1. The lowest BCUT2D eigenvalue weighted by atomic mass is 10.2. The van der Waals surface area contributed by atoms with Crippen LogP contribution in [0.5, 0.6) is 0 Å². The van der Waals surface area contributed by atoms with E-state index in [0.717, 1.165) is 6.54 Å². The highest BCUT2D eigenvalue weighted by molar-refractivity contribution is 7.90. The molecule has 0 aliphatic carbocycles. The highest BCUT2D eigenvalue weighted by Crippen LogP contribution is 2.03. The van der Waals surface area contributed by atoms with E-state index in [2.05, 4.69) is 10.0 Å². The van der Waals surface area contributed by atoms with Gasteiger partial charge in [-0.25, -0.2) is 13.1 Å². The van der Waals surface area contributed by atoms with Crippen LogP contribution in [0.15, 0.2) is 0 Å². The van der Waals surface area contributed by atoms with Gasteiger partial charge in [0, 0.05) is 25.7 Å². The van der Waals surface area contributed by atoms with Crippen molar-refractivity contribution in [1.82, 2.24) is 14.9 Å². The Bertz CT molecular complexity index is 328. The van der Waals surface area contributed by atoms with Crippen LogP contribution in [0, 0.1) is 0 Å². The third kappa shape index (κ3) is 3.44. The SMILES string of the molecule is CNS(=O)(=O)CC(=O)N1CCNC[C@@H]1C. The van der Waals surface area contributed by atoms with Gasteiger partial charge < -0.3 is 10.2 Å². The summed E-state index contributed by atoms with van der Waals surface area (Å²) in [5, 5.41) is 3.14. The molecule has 1 heterocycles. The largest absolute Gasteiger partial charge is 0.337 e. The van der Waals surface area contributed by atoms with Gasteiger partial charge in [0.15, 0.2) is 0 Å². The number of carbonyl (C=O) groups excluding carboxylic acids is 1. The minimum absolute atomic E-state index is 0.0540. The number of nitrogens with zero attached hydrogens (tertiary/aromatic N) is 1.